The standard InChI is InChI=1S/C15H14N4/c1-12-17-15(14-9-5-6-10-16-14)18-19(12)11-13-7-3-2-4-8-13/h2-10H,11H2,1H3. The smallest absolute Gasteiger partial charge is 0.200 e. The van der Waals surface area contributed by atoms with E-state index in [1.54, 1.807) is 6.20 Å². The average molecular weight is 250 g/mol. The molecule has 0 saturated carbocycles. The van der Waals surface area contributed by atoms with Crippen molar-refractivity contribution in [2.24, 2.45) is 0 Å². The van der Waals surface area contributed by atoms with Crippen LogP contribution in [0.4, 0.5) is 0 Å². The van der Waals surface area contributed by atoms with Gasteiger partial charge in [-0.15, -0.1) is 5.10 Å². The fourth-order valence-electron chi connectivity index (χ4n) is 1.93. The van der Waals surface area contributed by atoms with Crippen LogP contribution in [0.25, 0.3) is 11.5 Å². The Morgan fingerprint density at radius 2 is 1.79 bits per heavy atom. The maximum atomic E-state index is 4.52. The first-order chi connectivity index (χ1) is 9.33. The zero-order chi connectivity index (χ0) is 13.1. The summed E-state index contributed by atoms with van der Waals surface area (Å²) in [5.41, 5.74) is 2.01. The van der Waals surface area contributed by atoms with Crippen LogP contribution in [0.2, 0.25) is 0 Å². The first kappa shape index (κ1) is 11.6. The molecule has 0 aliphatic rings. The van der Waals surface area contributed by atoms with Crippen molar-refractivity contribution in [3.8, 4) is 11.5 Å². The zero-order valence-corrected chi connectivity index (χ0v) is 10.7. The molecule has 94 valence electrons. The second-order valence-corrected chi connectivity index (χ2v) is 4.34. The van der Waals surface area contributed by atoms with Gasteiger partial charge in [0, 0.05) is 6.20 Å². The Balaban J connectivity index is 1.90. The fourth-order valence-corrected chi connectivity index (χ4v) is 1.93. The van der Waals surface area contributed by atoms with E-state index in [1.165, 1.54) is 5.56 Å². The zero-order valence-electron chi connectivity index (χ0n) is 10.7. The second-order valence-electron chi connectivity index (χ2n) is 4.34. The molecule has 0 amide bonds. The maximum absolute atomic E-state index is 4.52. The van der Waals surface area contributed by atoms with Gasteiger partial charge in [0.05, 0.1) is 6.54 Å². The number of hydrogen-bond acceptors (Lipinski definition) is 3. The summed E-state index contributed by atoms with van der Waals surface area (Å²) in [6.45, 7) is 2.69. The van der Waals surface area contributed by atoms with E-state index in [0.29, 0.717) is 5.82 Å². The Morgan fingerprint density at radius 3 is 2.53 bits per heavy atom. The molecule has 0 bridgehead atoms. The first-order valence-electron chi connectivity index (χ1n) is 6.20. The summed E-state index contributed by atoms with van der Waals surface area (Å²) in [5, 5.41) is 4.52. The monoisotopic (exact) mass is 250 g/mol. The van der Waals surface area contributed by atoms with Crippen LogP contribution in [0.3, 0.4) is 0 Å². The quantitative estimate of drug-likeness (QED) is 0.717. The van der Waals surface area contributed by atoms with Crippen LogP contribution in [0, 0.1) is 6.92 Å². The maximum Gasteiger partial charge on any atom is 0.200 e. The highest BCUT2D eigenvalue weighted by Crippen LogP contribution is 2.13. The lowest BCUT2D eigenvalue weighted by Gasteiger charge is -2.02. The number of hydrogen-bond donors (Lipinski definition) is 0. The topological polar surface area (TPSA) is 43.6 Å². The summed E-state index contributed by atoms with van der Waals surface area (Å²) in [6.07, 6.45) is 1.75. The van der Waals surface area contributed by atoms with Crippen molar-refractivity contribution in [2.45, 2.75) is 13.5 Å². The van der Waals surface area contributed by atoms with Crippen LogP contribution in [0.5, 0.6) is 0 Å². The Bertz CT molecular complexity index is 659. The molecule has 0 N–H and O–H groups in total. The van der Waals surface area contributed by atoms with Gasteiger partial charge in [-0.05, 0) is 24.6 Å². The summed E-state index contributed by atoms with van der Waals surface area (Å²) in [5.74, 6) is 1.57. The van der Waals surface area contributed by atoms with Gasteiger partial charge in [0.1, 0.15) is 11.5 Å². The van der Waals surface area contributed by atoms with Crippen LogP contribution < -0.4 is 0 Å². The molecule has 0 atom stereocenters. The number of benzene rings is 1. The molecule has 2 aromatic heterocycles. The van der Waals surface area contributed by atoms with E-state index in [9.17, 15) is 0 Å². The third-order valence-electron chi connectivity index (χ3n) is 2.93. The molecular formula is C15H14N4. The van der Waals surface area contributed by atoms with Crippen LogP contribution in [0.1, 0.15) is 11.4 Å². The SMILES string of the molecule is Cc1nc(-c2ccccn2)nn1Cc1ccccc1. The van der Waals surface area contributed by atoms with Crippen molar-refractivity contribution in [3.63, 3.8) is 0 Å². The highest BCUT2D eigenvalue weighted by Gasteiger charge is 2.09. The Kier molecular flexibility index (Phi) is 3.06. The molecular weight excluding hydrogens is 236 g/mol. The number of nitrogens with zero attached hydrogens (tertiary/aromatic N) is 4. The minimum Gasteiger partial charge on any atom is -0.253 e. The van der Waals surface area contributed by atoms with Crippen molar-refractivity contribution in [2.75, 3.05) is 0 Å². The van der Waals surface area contributed by atoms with Gasteiger partial charge < -0.3 is 0 Å². The molecule has 4 nitrogen and oxygen atoms in total. The third-order valence-corrected chi connectivity index (χ3v) is 2.93. The van der Waals surface area contributed by atoms with Crippen LogP contribution in [-0.4, -0.2) is 19.7 Å². The Labute approximate surface area is 111 Å². The highest BCUT2D eigenvalue weighted by atomic mass is 15.3. The molecule has 3 aromatic rings. The summed E-state index contributed by atoms with van der Waals surface area (Å²) in [7, 11) is 0. The molecule has 0 spiro atoms. The molecule has 0 aliphatic carbocycles. The van der Waals surface area contributed by atoms with Gasteiger partial charge in [0.25, 0.3) is 0 Å². The molecule has 2 heterocycles. The van der Waals surface area contributed by atoms with E-state index in [0.717, 1.165) is 18.1 Å². The summed E-state index contributed by atoms with van der Waals surface area (Å²) in [4.78, 5) is 8.74. The van der Waals surface area contributed by atoms with Gasteiger partial charge >= 0.3 is 0 Å². The number of aromatic nitrogens is 4. The van der Waals surface area contributed by atoms with Gasteiger partial charge in [-0.25, -0.2) is 9.67 Å². The summed E-state index contributed by atoms with van der Waals surface area (Å²) in [6, 6.07) is 16.0. The van der Waals surface area contributed by atoms with E-state index >= 15 is 0 Å². The van der Waals surface area contributed by atoms with E-state index < -0.39 is 0 Å². The van der Waals surface area contributed by atoms with Crippen LogP contribution in [-0.2, 0) is 6.54 Å². The normalized spacial score (nSPS) is 10.6. The number of aryl methyl sites for hydroxylation is 1. The third kappa shape index (κ3) is 2.52. The lowest BCUT2D eigenvalue weighted by atomic mass is 10.2. The Morgan fingerprint density at radius 1 is 1.00 bits per heavy atom. The summed E-state index contributed by atoms with van der Waals surface area (Å²) >= 11 is 0. The van der Waals surface area contributed by atoms with Gasteiger partial charge in [0.15, 0.2) is 5.82 Å². The predicted octanol–water partition coefficient (Wildman–Crippen LogP) is 2.70. The molecule has 4 heteroatoms. The predicted molar refractivity (Wildman–Crippen MR) is 73.5 cm³/mol. The highest BCUT2D eigenvalue weighted by molar-refractivity contribution is 5.47. The van der Waals surface area contributed by atoms with E-state index in [-0.39, 0.29) is 0 Å². The van der Waals surface area contributed by atoms with Crippen LogP contribution in [0.15, 0.2) is 54.7 Å². The Hall–Kier alpha value is -2.49. The van der Waals surface area contributed by atoms with Crippen molar-refractivity contribution < 1.29 is 0 Å². The second kappa shape index (κ2) is 5.02. The van der Waals surface area contributed by atoms with Crippen LogP contribution >= 0.6 is 0 Å². The minimum atomic E-state index is 0.675. The molecule has 1 aromatic carbocycles. The molecule has 0 unspecified atom stereocenters. The molecule has 0 saturated heterocycles. The largest absolute Gasteiger partial charge is 0.253 e. The number of rotatable bonds is 3. The number of pyridine rings is 1. The molecule has 0 aliphatic heterocycles. The first-order valence-corrected chi connectivity index (χ1v) is 6.20. The molecule has 0 fully saturated rings. The van der Waals surface area contributed by atoms with Gasteiger partial charge in [-0.2, -0.15) is 0 Å². The lowest BCUT2D eigenvalue weighted by molar-refractivity contribution is 0.662. The van der Waals surface area contributed by atoms with Crippen molar-refractivity contribution >= 4 is 0 Å². The average Bonchev–Trinajstić information content (AvgIpc) is 2.82. The van der Waals surface area contributed by atoms with Gasteiger partial charge in [0.2, 0.25) is 0 Å². The van der Waals surface area contributed by atoms with Gasteiger partial charge in [-0.1, -0.05) is 36.4 Å². The lowest BCUT2D eigenvalue weighted by Crippen LogP contribution is -2.03. The van der Waals surface area contributed by atoms with E-state index in [1.807, 2.05) is 48.0 Å². The van der Waals surface area contributed by atoms with E-state index in [4.69, 9.17) is 0 Å². The van der Waals surface area contributed by atoms with E-state index in [2.05, 4.69) is 27.2 Å². The van der Waals surface area contributed by atoms with Crippen molar-refractivity contribution in [3.05, 3.63) is 66.1 Å². The van der Waals surface area contributed by atoms with Crippen molar-refractivity contribution in [1.29, 1.82) is 0 Å². The molecule has 0 radical (unpaired) electrons. The summed E-state index contributed by atoms with van der Waals surface area (Å²) < 4.78 is 1.90. The molecule has 19 heavy (non-hydrogen) atoms. The van der Waals surface area contributed by atoms with Crippen molar-refractivity contribution in [1.82, 2.24) is 19.7 Å². The fraction of sp³-hybridized carbons (Fsp3) is 0.133. The minimum absolute atomic E-state index is 0.675. The molecule has 3 rings (SSSR count). The van der Waals surface area contributed by atoms with Gasteiger partial charge in [-0.3, -0.25) is 4.98 Å².